The standard InChI is InChI=1S/C24H25N5O5/c1-13-15(21(30)27(4)23(32)25(13)2)20-19-18-16(22(31)28(5)24(33)26(18)3)17(29(19)11-12-34-20)14-9-7-6-8-10-14/h6-10,20H,11-12H2,1-5H3. The molecule has 1 atom stereocenters. The van der Waals surface area contributed by atoms with Crippen LogP contribution in [-0.2, 0) is 39.5 Å². The van der Waals surface area contributed by atoms with Crippen molar-refractivity contribution < 1.29 is 4.74 Å². The van der Waals surface area contributed by atoms with Gasteiger partial charge in [0.05, 0.1) is 34.5 Å². The molecule has 4 heterocycles. The van der Waals surface area contributed by atoms with Crippen LogP contribution in [0.3, 0.4) is 0 Å². The predicted molar refractivity (Wildman–Crippen MR) is 127 cm³/mol. The lowest BCUT2D eigenvalue weighted by Gasteiger charge is -2.28. The van der Waals surface area contributed by atoms with Gasteiger partial charge in [-0.3, -0.25) is 23.3 Å². The Balaban J connectivity index is 2.00. The lowest BCUT2D eigenvalue weighted by atomic mass is 10.0. The van der Waals surface area contributed by atoms with Gasteiger partial charge in [0.2, 0.25) is 0 Å². The van der Waals surface area contributed by atoms with Crippen molar-refractivity contribution in [2.45, 2.75) is 19.6 Å². The fourth-order valence-corrected chi connectivity index (χ4v) is 4.97. The van der Waals surface area contributed by atoms with E-state index >= 15 is 0 Å². The molecule has 0 spiro atoms. The van der Waals surface area contributed by atoms with E-state index in [9.17, 15) is 19.2 Å². The van der Waals surface area contributed by atoms with Crippen LogP contribution in [0.4, 0.5) is 0 Å². The van der Waals surface area contributed by atoms with Crippen LogP contribution >= 0.6 is 0 Å². The van der Waals surface area contributed by atoms with Gasteiger partial charge in [0.15, 0.2) is 0 Å². The van der Waals surface area contributed by atoms with Crippen molar-refractivity contribution in [2.24, 2.45) is 28.2 Å². The highest BCUT2D eigenvalue weighted by Gasteiger charge is 2.35. The van der Waals surface area contributed by atoms with Crippen LogP contribution in [0.15, 0.2) is 49.5 Å². The van der Waals surface area contributed by atoms with Gasteiger partial charge in [0.25, 0.3) is 11.1 Å². The first kappa shape index (κ1) is 21.9. The summed E-state index contributed by atoms with van der Waals surface area (Å²) in [6.45, 7) is 2.42. The van der Waals surface area contributed by atoms with Crippen molar-refractivity contribution in [3.8, 4) is 11.3 Å². The van der Waals surface area contributed by atoms with Crippen molar-refractivity contribution in [3.05, 3.63) is 89.0 Å². The third-order valence-electron chi connectivity index (χ3n) is 6.86. The normalized spacial score (nSPS) is 15.6. The van der Waals surface area contributed by atoms with E-state index in [0.29, 0.717) is 40.1 Å². The van der Waals surface area contributed by atoms with Crippen molar-refractivity contribution >= 4 is 10.9 Å². The fourth-order valence-electron chi connectivity index (χ4n) is 4.97. The Morgan fingerprint density at radius 1 is 0.824 bits per heavy atom. The number of aromatic nitrogens is 5. The van der Waals surface area contributed by atoms with E-state index < -0.39 is 28.6 Å². The van der Waals surface area contributed by atoms with Crippen LogP contribution in [-0.4, -0.2) is 29.4 Å². The minimum absolute atomic E-state index is 0.290. The van der Waals surface area contributed by atoms with Crippen molar-refractivity contribution in [3.63, 3.8) is 0 Å². The van der Waals surface area contributed by atoms with Gasteiger partial charge in [0.1, 0.15) is 6.10 Å². The Bertz CT molecular complexity index is 1720. The molecule has 176 valence electrons. The number of ether oxygens (including phenoxy) is 1. The molecule has 0 N–H and O–H groups in total. The molecule has 0 fully saturated rings. The molecule has 1 aliphatic heterocycles. The monoisotopic (exact) mass is 463 g/mol. The summed E-state index contributed by atoms with van der Waals surface area (Å²) in [7, 11) is 6.09. The molecule has 0 saturated carbocycles. The third kappa shape index (κ3) is 2.78. The molecule has 34 heavy (non-hydrogen) atoms. The molecule has 0 bridgehead atoms. The second kappa shape index (κ2) is 7.56. The van der Waals surface area contributed by atoms with Gasteiger partial charge in [-0.25, -0.2) is 9.59 Å². The van der Waals surface area contributed by atoms with Crippen LogP contribution < -0.4 is 22.5 Å². The van der Waals surface area contributed by atoms with Crippen LogP contribution in [0.1, 0.15) is 23.1 Å². The van der Waals surface area contributed by atoms with Crippen LogP contribution in [0.5, 0.6) is 0 Å². The Hall–Kier alpha value is -3.92. The van der Waals surface area contributed by atoms with Gasteiger partial charge in [-0.15, -0.1) is 0 Å². The van der Waals surface area contributed by atoms with Crippen LogP contribution in [0.25, 0.3) is 22.2 Å². The largest absolute Gasteiger partial charge is 0.365 e. The smallest absolute Gasteiger partial charge is 0.331 e. The molecule has 0 saturated heterocycles. The van der Waals surface area contributed by atoms with Gasteiger partial charge in [-0.1, -0.05) is 30.3 Å². The van der Waals surface area contributed by atoms with E-state index in [1.54, 1.807) is 21.0 Å². The summed E-state index contributed by atoms with van der Waals surface area (Å²) in [6, 6.07) is 9.48. The number of hydrogen-bond acceptors (Lipinski definition) is 5. The number of fused-ring (bicyclic) bond motifs is 3. The molecule has 1 unspecified atom stereocenters. The summed E-state index contributed by atoms with van der Waals surface area (Å²) in [4.78, 5) is 52.1. The highest BCUT2D eigenvalue weighted by Crippen LogP contribution is 2.40. The fraction of sp³-hybridized carbons (Fsp3) is 0.333. The maximum atomic E-state index is 13.4. The number of rotatable bonds is 2. The Morgan fingerprint density at radius 2 is 1.44 bits per heavy atom. The maximum absolute atomic E-state index is 13.4. The lowest BCUT2D eigenvalue weighted by Crippen LogP contribution is -2.42. The molecule has 0 amide bonds. The molecule has 5 rings (SSSR count). The topological polar surface area (TPSA) is 102 Å². The Kier molecular flexibility index (Phi) is 4.87. The van der Waals surface area contributed by atoms with Crippen molar-refractivity contribution in [1.29, 1.82) is 0 Å². The zero-order chi connectivity index (χ0) is 24.5. The first-order valence-corrected chi connectivity index (χ1v) is 10.9. The first-order valence-electron chi connectivity index (χ1n) is 10.9. The molecular formula is C24H25N5O5. The minimum Gasteiger partial charge on any atom is -0.365 e. The summed E-state index contributed by atoms with van der Waals surface area (Å²) >= 11 is 0. The van der Waals surface area contributed by atoms with Gasteiger partial charge < -0.3 is 13.9 Å². The molecule has 4 aromatic rings. The molecule has 3 aromatic heterocycles. The average molecular weight is 463 g/mol. The van der Waals surface area contributed by atoms with E-state index in [0.717, 1.165) is 14.7 Å². The van der Waals surface area contributed by atoms with Gasteiger partial charge in [-0.2, -0.15) is 0 Å². The summed E-state index contributed by atoms with van der Waals surface area (Å²) in [6.07, 6.45) is -0.864. The summed E-state index contributed by atoms with van der Waals surface area (Å²) in [5, 5.41) is 0.389. The summed E-state index contributed by atoms with van der Waals surface area (Å²) < 4.78 is 13.1. The van der Waals surface area contributed by atoms with E-state index in [-0.39, 0.29) is 6.61 Å². The minimum atomic E-state index is -0.864. The quantitative estimate of drug-likeness (QED) is 0.432. The predicted octanol–water partition coefficient (Wildman–Crippen LogP) is 0.531. The molecule has 1 aromatic carbocycles. The average Bonchev–Trinajstić information content (AvgIpc) is 3.20. The van der Waals surface area contributed by atoms with Crippen molar-refractivity contribution in [2.75, 3.05) is 6.61 Å². The third-order valence-corrected chi connectivity index (χ3v) is 6.86. The zero-order valence-corrected chi connectivity index (χ0v) is 19.7. The Morgan fingerprint density at radius 3 is 2.12 bits per heavy atom. The number of nitrogens with zero attached hydrogens (tertiary/aromatic N) is 5. The highest BCUT2D eigenvalue weighted by molar-refractivity contribution is 5.96. The molecule has 1 aliphatic rings. The van der Waals surface area contributed by atoms with Crippen molar-refractivity contribution in [1.82, 2.24) is 22.8 Å². The summed E-state index contributed by atoms with van der Waals surface area (Å²) in [5.74, 6) is 0. The zero-order valence-electron chi connectivity index (χ0n) is 19.7. The van der Waals surface area contributed by atoms with E-state index in [1.165, 1.54) is 23.2 Å². The lowest BCUT2D eigenvalue weighted by molar-refractivity contribution is 0.0458. The van der Waals surface area contributed by atoms with Crippen LogP contribution in [0.2, 0.25) is 0 Å². The van der Waals surface area contributed by atoms with E-state index in [4.69, 9.17) is 4.74 Å². The van der Waals surface area contributed by atoms with Gasteiger partial charge >= 0.3 is 11.4 Å². The van der Waals surface area contributed by atoms with E-state index in [2.05, 4.69) is 0 Å². The second-order valence-corrected chi connectivity index (χ2v) is 8.64. The van der Waals surface area contributed by atoms with Gasteiger partial charge in [-0.05, 0) is 12.5 Å². The van der Waals surface area contributed by atoms with Crippen LogP contribution in [0, 0.1) is 6.92 Å². The first-order chi connectivity index (χ1) is 16.2. The number of benzene rings is 1. The van der Waals surface area contributed by atoms with E-state index in [1.807, 2.05) is 34.9 Å². The maximum Gasteiger partial charge on any atom is 0.331 e. The molecule has 10 nitrogen and oxygen atoms in total. The molecule has 0 radical (unpaired) electrons. The molecular weight excluding hydrogens is 438 g/mol. The molecule has 0 aliphatic carbocycles. The SMILES string of the molecule is Cc1c(C2OCCn3c(-c4ccccc4)c4c(=O)n(C)c(=O)n(C)c4c32)c(=O)n(C)c(=O)n1C. The second-order valence-electron chi connectivity index (χ2n) is 8.64. The summed E-state index contributed by atoms with van der Waals surface area (Å²) in [5.41, 5.74) is 1.45. The number of hydrogen-bond donors (Lipinski definition) is 0. The highest BCUT2D eigenvalue weighted by atomic mass is 16.5. The Labute approximate surface area is 193 Å². The molecule has 10 heteroatoms. The van der Waals surface area contributed by atoms with Gasteiger partial charge in [0, 0.05) is 40.4 Å². The number of aryl methyl sites for hydroxylation is 1.